The van der Waals surface area contributed by atoms with Gasteiger partial charge in [0.2, 0.25) is 0 Å². The second-order valence-corrected chi connectivity index (χ2v) is 13.0. The lowest BCUT2D eigenvalue weighted by molar-refractivity contribution is -0.228. The third kappa shape index (κ3) is 5.33. The van der Waals surface area contributed by atoms with Crippen LogP contribution in [0.2, 0.25) is 19.6 Å². The first-order valence-corrected chi connectivity index (χ1v) is 12.9. The molecule has 0 amide bonds. The summed E-state index contributed by atoms with van der Waals surface area (Å²) in [5, 5.41) is 3.74. The van der Waals surface area contributed by atoms with Crippen LogP contribution in [-0.2, 0) is 30.0 Å². The molecule has 0 aromatic heterocycles. The number of azide groups is 1. The van der Waals surface area contributed by atoms with Crippen LogP contribution in [0.25, 0.3) is 10.4 Å². The Morgan fingerprint density at radius 3 is 2.57 bits per heavy atom. The van der Waals surface area contributed by atoms with E-state index in [1.54, 1.807) is 0 Å². The number of hydrogen-bond acceptors (Lipinski definition) is 6. The van der Waals surface area contributed by atoms with Crippen LogP contribution in [0.3, 0.4) is 0 Å². The Hall–Kier alpha value is -1.45. The molecule has 154 valence electrons. The predicted molar refractivity (Wildman–Crippen MR) is 106 cm³/mol. The Morgan fingerprint density at radius 2 is 1.93 bits per heavy atom. The van der Waals surface area contributed by atoms with Crippen LogP contribution < -0.4 is 0 Å². The van der Waals surface area contributed by atoms with E-state index in [1.165, 1.54) is 0 Å². The molecule has 2 fully saturated rings. The maximum absolute atomic E-state index is 8.80. The summed E-state index contributed by atoms with van der Waals surface area (Å²) in [5.74, 6) is -0.741. The van der Waals surface area contributed by atoms with E-state index in [0.29, 0.717) is 6.61 Å². The quantitative estimate of drug-likeness (QED) is 0.281. The molecule has 0 aliphatic carbocycles. The van der Waals surface area contributed by atoms with Gasteiger partial charge in [0.05, 0.1) is 19.3 Å². The molecular formula is C19H29N3O5Si. The van der Waals surface area contributed by atoms with Crippen LogP contribution in [0.1, 0.15) is 19.4 Å². The fourth-order valence-corrected chi connectivity index (χ4v) is 4.66. The van der Waals surface area contributed by atoms with Gasteiger partial charge >= 0.3 is 0 Å². The van der Waals surface area contributed by atoms with Gasteiger partial charge in [0.25, 0.3) is 0 Å². The lowest BCUT2D eigenvalue weighted by Crippen LogP contribution is -2.48. The molecule has 28 heavy (non-hydrogen) atoms. The zero-order chi connectivity index (χ0) is 20.4. The largest absolute Gasteiger partial charge is 0.412 e. The third-order valence-corrected chi connectivity index (χ3v) is 5.52. The SMILES string of the molecule is CC1(C)O[C@H]2O[C@H]([C@@H](CN=[N+]=[N-])O[Si](C)(C)C)[C@@H](OCc3ccccc3)[C@H]2O1. The number of hydrogen-bond donors (Lipinski definition) is 0. The molecule has 0 spiro atoms. The van der Waals surface area contributed by atoms with Crippen LogP contribution in [-0.4, -0.2) is 51.4 Å². The third-order valence-electron chi connectivity index (χ3n) is 4.51. The normalized spacial score (nSPS) is 29.9. The molecule has 2 aliphatic heterocycles. The minimum absolute atomic E-state index is 0.166. The highest BCUT2D eigenvalue weighted by molar-refractivity contribution is 6.69. The number of ether oxygens (including phenoxy) is 4. The fraction of sp³-hybridized carbons (Fsp3) is 0.684. The first-order chi connectivity index (χ1) is 13.2. The zero-order valence-corrected chi connectivity index (χ0v) is 18.1. The summed E-state index contributed by atoms with van der Waals surface area (Å²) in [4.78, 5) is 2.89. The van der Waals surface area contributed by atoms with E-state index in [9.17, 15) is 0 Å². The molecule has 2 aliphatic rings. The van der Waals surface area contributed by atoms with Gasteiger partial charge in [-0.3, -0.25) is 0 Å². The molecule has 2 heterocycles. The van der Waals surface area contributed by atoms with E-state index < -0.39 is 38.7 Å². The topological polar surface area (TPSA) is 94.9 Å². The maximum Gasteiger partial charge on any atom is 0.190 e. The summed E-state index contributed by atoms with van der Waals surface area (Å²) < 4.78 is 30.7. The molecule has 1 aromatic rings. The predicted octanol–water partition coefficient (Wildman–Crippen LogP) is 3.98. The van der Waals surface area contributed by atoms with Gasteiger partial charge in [0.15, 0.2) is 20.4 Å². The molecule has 3 rings (SSSR count). The van der Waals surface area contributed by atoms with Crippen molar-refractivity contribution in [1.29, 1.82) is 0 Å². The average Bonchev–Trinajstić information content (AvgIpc) is 3.08. The Bertz CT molecular complexity index is 705. The summed E-state index contributed by atoms with van der Waals surface area (Å²) in [6.45, 7) is 10.5. The molecule has 0 bridgehead atoms. The van der Waals surface area contributed by atoms with E-state index >= 15 is 0 Å². The van der Waals surface area contributed by atoms with E-state index in [0.717, 1.165) is 5.56 Å². The van der Waals surface area contributed by atoms with E-state index in [2.05, 4.69) is 29.7 Å². The van der Waals surface area contributed by atoms with Crippen molar-refractivity contribution in [3.63, 3.8) is 0 Å². The molecule has 0 saturated carbocycles. The standard InChI is InChI=1S/C19H29N3O5Si/c1-19(2)25-17-16(23-12-13-9-7-6-8-10-13)15(24-18(17)26-19)14(11-21-22-20)27-28(3,4)5/h6-10,14-18H,11-12H2,1-5H3/t14-,15-,16-,17-,18-/m1/s1. The number of nitrogens with zero attached hydrogens (tertiary/aromatic N) is 3. The van der Waals surface area contributed by atoms with Crippen molar-refractivity contribution in [1.82, 2.24) is 0 Å². The van der Waals surface area contributed by atoms with Crippen molar-refractivity contribution in [2.24, 2.45) is 5.11 Å². The van der Waals surface area contributed by atoms with Crippen molar-refractivity contribution in [2.75, 3.05) is 6.54 Å². The molecular weight excluding hydrogens is 378 g/mol. The minimum atomic E-state index is -1.92. The van der Waals surface area contributed by atoms with Crippen LogP contribution in [0, 0.1) is 0 Å². The maximum atomic E-state index is 8.80. The molecule has 0 radical (unpaired) electrons. The van der Waals surface area contributed by atoms with Crippen LogP contribution in [0.4, 0.5) is 0 Å². The lowest BCUT2D eigenvalue weighted by Gasteiger charge is -2.34. The highest BCUT2D eigenvalue weighted by atomic mass is 28.4. The van der Waals surface area contributed by atoms with Gasteiger partial charge in [-0.25, -0.2) is 0 Å². The Morgan fingerprint density at radius 1 is 1.21 bits per heavy atom. The van der Waals surface area contributed by atoms with Gasteiger partial charge < -0.3 is 23.4 Å². The van der Waals surface area contributed by atoms with Crippen molar-refractivity contribution in [2.45, 2.75) is 76.6 Å². The summed E-state index contributed by atoms with van der Waals surface area (Å²) in [6.07, 6.45) is -2.19. The zero-order valence-electron chi connectivity index (χ0n) is 17.1. The average molecular weight is 408 g/mol. The van der Waals surface area contributed by atoms with E-state index in [1.807, 2.05) is 44.2 Å². The lowest BCUT2D eigenvalue weighted by atomic mass is 10.1. The highest BCUT2D eigenvalue weighted by Gasteiger charge is 2.57. The summed E-state index contributed by atoms with van der Waals surface area (Å²) in [6, 6.07) is 9.93. The molecule has 9 heteroatoms. The monoisotopic (exact) mass is 407 g/mol. The van der Waals surface area contributed by atoms with E-state index in [-0.39, 0.29) is 12.6 Å². The second-order valence-electron chi connectivity index (χ2n) is 8.51. The number of rotatable bonds is 8. The van der Waals surface area contributed by atoms with Crippen LogP contribution in [0.5, 0.6) is 0 Å². The Kier molecular flexibility index (Phi) is 6.46. The molecule has 1 aromatic carbocycles. The smallest absolute Gasteiger partial charge is 0.190 e. The summed E-state index contributed by atoms with van der Waals surface area (Å²) in [5.41, 5.74) is 9.85. The number of fused-ring (bicyclic) bond motifs is 1. The number of benzene rings is 1. The molecule has 5 atom stereocenters. The van der Waals surface area contributed by atoms with Gasteiger partial charge in [-0.05, 0) is 44.6 Å². The second kappa shape index (κ2) is 8.50. The molecule has 0 unspecified atom stereocenters. The summed E-state index contributed by atoms with van der Waals surface area (Å²) in [7, 11) is -1.92. The summed E-state index contributed by atoms with van der Waals surface area (Å²) >= 11 is 0. The molecule has 8 nitrogen and oxygen atoms in total. The van der Waals surface area contributed by atoms with Gasteiger partial charge in [-0.1, -0.05) is 35.4 Å². The fourth-order valence-electron chi connectivity index (χ4n) is 3.54. The van der Waals surface area contributed by atoms with E-state index in [4.69, 9.17) is 28.9 Å². The minimum Gasteiger partial charge on any atom is -0.412 e. The highest BCUT2D eigenvalue weighted by Crippen LogP contribution is 2.40. The molecule has 2 saturated heterocycles. The van der Waals surface area contributed by atoms with Gasteiger partial charge in [-0.2, -0.15) is 0 Å². The van der Waals surface area contributed by atoms with Gasteiger partial charge in [-0.15, -0.1) is 0 Å². The Labute approximate surface area is 166 Å². The van der Waals surface area contributed by atoms with Crippen molar-refractivity contribution < 1.29 is 23.4 Å². The molecule has 0 N–H and O–H groups in total. The van der Waals surface area contributed by atoms with Crippen molar-refractivity contribution in [3.05, 3.63) is 46.3 Å². The van der Waals surface area contributed by atoms with Gasteiger partial charge in [0, 0.05) is 4.91 Å². The van der Waals surface area contributed by atoms with Crippen LogP contribution >= 0.6 is 0 Å². The van der Waals surface area contributed by atoms with Crippen molar-refractivity contribution in [3.8, 4) is 0 Å². The first-order valence-electron chi connectivity index (χ1n) is 9.54. The van der Waals surface area contributed by atoms with Gasteiger partial charge in [0.1, 0.15) is 18.3 Å². The first kappa shape index (κ1) is 21.3. The Balaban J connectivity index is 1.80. The van der Waals surface area contributed by atoms with Crippen molar-refractivity contribution >= 4 is 8.32 Å². The van der Waals surface area contributed by atoms with Crippen LogP contribution in [0.15, 0.2) is 35.4 Å².